The van der Waals surface area contributed by atoms with Crippen molar-refractivity contribution in [3.8, 4) is 0 Å². The first-order valence-electron chi connectivity index (χ1n) is 6.98. The molecule has 2 nitrogen and oxygen atoms in total. The minimum Gasteiger partial charge on any atom is -0.495 e. The Morgan fingerprint density at radius 3 is 2.42 bits per heavy atom. The highest BCUT2D eigenvalue weighted by Crippen LogP contribution is 2.17. The van der Waals surface area contributed by atoms with E-state index in [-0.39, 0.29) is 0 Å². The average molecular weight is 278 g/mol. The maximum absolute atomic E-state index is 5.63. The number of benzene rings is 1. The molecule has 0 spiro atoms. The fourth-order valence-corrected chi connectivity index (χ4v) is 2.65. The Balaban J connectivity index is 2.44. The quantitative estimate of drug-likeness (QED) is 0.502. The van der Waals surface area contributed by atoms with Crippen molar-refractivity contribution in [2.45, 2.75) is 45.6 Å². The van der Waals surface area contributed by atoms with Crippen LogP contribution >= 0.6 is 0 Å². The molecule has 0 unspecified atom stereocenters. The van der Waals surface area contributed by atoms with E-state index in [1.54, 1.807) is 6.26 Å². The molecule has 0 atom stereocenters. The first-order valence-corrected chi connectivity index (χ1v) is 10.7. The molecule has 0 radical (unpaired) electrons. The Hall–Kier alpha value is -1.22. The molecule has 0 fully saturated rings. The zero-order valence-corrected chi connectivity index (χ0v) is 13.6. The van der Waals surface area contributed by atoms with E-state index in [9.17, 15) is 0 Å². The molecule has 0 aliphatic carbocycles. The van der Waals surface area contributed by atoms with Gasteiger partial charge in [0.15, 0.2) is 0 Å². The van der Waals surface area contributed by atoms with Gasteiger partial charge in [-0.05, 0) is 12.5 Å². The predicted octanol–water partition coefficient (Wildman–Crippen LogP) is 4.81. The highest BCUT2D eigenvalue weighted by atomic mass is 28.3. The van der Waals surface area contributed by atoms with Gasteiger partial charge in [0.25, 0.3) is 0 Å². The van der Waals surface area contributed by atoms with Crippen molar-refractivity contribution < 1.29 is 9.47 Å². The number of allylic oxidation sites excluding steroid dienone is 1. The molecular weight excluding hydrogens is 252 g/mol. The molecule has 0 bridgehead atoms. The number of rotatable bonds is 8. The Morgan fingerprint density at radius 1 is 1.16 bits per heavy atom. The maximum atomic E-state index is 5.63. The minimum absolute atomic E-state index is 0.602. The van der Waals surface area contributed by atoms with Gasteiger partial charge in [-0.1, -0.05) is 56.0 Å². The normalized spacial score (nSPS) is 12.3. The first-order chi connectivity index (χ1) is 9.01. The Bertz CT molecular complexity index is 379. The molecule has 0 aliphatic heterocycles. The van der Waals surface area contributed by atoms with Crippen LogP contribution in [0, 0.1) is 0 Å². The van der Waals surface area contributed by atoms with Crippen molar-refractivity contribution in [3.05, 3.63) is 47.9 Å². The summed E-state index contributed by atoms with van der Waals surface area (Å²) in [5.41, 5.74) is 1.18. The third-order valence-corrected chi connectivity index (χ3v) is 4.51. The lowest BCUT2D eigenvalue weighted by Crippen LogP contribution is -2.19. The number of hydrogen-bond donors (Lipinski definition) is 0. The summed E-state index contributed by atoms with van der Waals surface area (Å²) in [7, 11) is -1.03. The van der Waals surface area contributed by atoms with E-state index in [4.69, 9.17) is 9.47 Å². The lowest BCUT2D eigenvalue weighted by Gasteiger charge is -2.17. The van der Waals surface area contributed by atoms with E-state index in [0.29, 0.717) is 13.2 Å². The second kappa shape index (κ2) is 8.05. The van der Waals surface area contributed by atoms with Crippen LogP contribution in [0.15, 0.2) is 42.4 Å². The summed E-state index contributed by atoms with van der Waals surface area (Å²) in [5.74, 6) is 0.973. The van der Waals surface area contributed by atoms with Gasteiger partial charge in [-0.15, -0.1) is 0 Å². The van der Waals surface area contributed by atoms with Crippen molar-refractivity contribution in [3.63, 3.8) is 0 Å². The summed E-state index contributed by atoms with van der Waals surface area (Å²) < 4.78 is 11.3. The van der Waals surface area contributed by atoms with E-state index < -0.39 is 8.07 Å². The third-order valence-electron chi connectivity index (χ3n) is 2.76. The molecule has 3 heteroatoms. The number of hydrogen-bond acceptors (Lipinski definition) is 2. The second-order valence-corrected chi connectivity index (χ2v) is 11.5. The molecule has 0 saturated carbocycles. The zero-order valence-electron chi connectivity index (χ0n) is 12.6. The Labute approximate surface area is 118 Å². The van der Waals surface area contributed by atoms with Crippen molar-refractivity contribution >= 4 is 8.07 Å². The summed E-state index contributed by atoms with van der Waals surface area (Å²) in [5, 5.41) is 0. The SMILES string of the molecule is CCO/C(=C/OCc1ccccc1)CC[Si](C)(C)C. The topological polar surface area (TPSA) is 18.5 Å². The van der Waals surface area contributed by atoms with Gasteiger partial charge in [-0.3, -0.25) is 0 Å². The van der Waals surface area contributed by atoms with Gasteiger partial charge in [0, 0.05) is 14.5 Å². The van der Waals surface area contributed by atoms with Gasteiger partial charge in [0.1, 0.15) is 18.6 Å². The molecule has 0 aliphatic rings. The van der Waals surface area contributed by atoms with Crippen LogP contribution in [0.25, 0.3) is 0 Å². The van der Waals surface area contributed by atoms with Gasteiger partial charge < -0.3 is 9.47 Å². The molecule has 1 aromatic rings. The van der Waals surface area contributed by atoms with Crippen LogP contribution in [0.5, 0.6) is 0 Å². The fourth-order valence-electron chi connectivity index (χ4n) is 1.65. The Kier molecular flexibility index (Phi) is 6.71. The molecule has 19 heavy (non-hydrogen) atoms. The minimum atomic E-state index is -1.03. The summed E-state index contributed by atoms with van der Waals surface area (Å²) in [4.78, 5) is 0. The zero-order chi connectivity index (χ0) is 14.1. The smallest absolute Gasteiger partial charge is 0.130 e. The van der Waals surface area contributed by atoms with Crippen molar-refractivity contribution in [2.24, 2.45) is 0 Å². The molecule has 0 aromatic heterocycles. The molecule has 0 saturated heterocycles. The standard InChI is InChI=1S/C16H26O2Si/c1-5-18-16(11-12-19(2,3)4)14-17-13-15-9-7-6-8-10-15/h6-10,14H,5,11-13H2,1-4H3/b16-14+. The van der Waals surface area contributed by atoms with Gasteiger partial charge in [0.2, 0.25) is 0 Å². The third kappa shape index (κ3) is 7.72. The van der Waals surface area contributed by atoms with Crippen molar-refractivity contribution in [1.82, 2.24) is 0 Å². The molecule has 0 amide bonds. The molecular formula is C16H26O2Si. The molecule has 1 aromatic carbocycles. The molecule has 0 N–H and O–H groups in total. The lowest BCUT2D eigenvalue weighted by atomic mass is 10.2. The fraction of sp³-hybridized carbons (Fsp3) is 0.500. The predicted molar refractivity (Wildman–Crippen MR) is 83.7 cm³/mol. The lowest BCUT2D eigenvalue weighted by molar-refractivity contribution is 0.173. The van der Waals surface area contributed by atoms with E-state index in [0.717, 1.165) is 12.2 Å². The van der Waals surface area contributed by atoms with E-state index >= 15 is 0 Å². The van der Waals surface area contributed by atoms with E-state index in [1.807, 2.05) is 25.1 Å². The molecule has 106 valence electrons. The largest absolute Gasteiger partial charge is 0.495 e. The summed E-state index contributed by atoms with van der Waals surface area (Å²) in [6.45, 7) is 10.4. The van der Waals surface area contributed by atoms with Crippen LogP contribution in [0.2, 0.25) is 25.7 Å². The monoisotopic (exact) mass is 278 g/mol. The van der Waals surface area contributed by atoms with Crippen LogP contribution < -0.4 is 0 Å². The summed E-state index contributed by atoms with van der Waals surface area (Å²) >= 11 is 0. The number of ether oxygens (including phenoxy) is 2. The van der Waals surface area contributed by atoms with Crippen LogP contribution in [0.1, 0.15) is 18.9 Å². The van der Waals surface area contributed by atoms with Crippen LogP contribution in [-0.2, 0) is 16.1 Å². The van der Waals surface area contributed by atoms with Gasteiger partial charge in [-0.2, -0.15) is 0 Å². The highest BCUT2D eigenvalue weighted by Gasteiger charge is 2.14. The highest BCUT2D eigenvalue weighted by molar-refractivity contribution is 6.76. The summed E-state index contributed by atoms with van der Waals surface area (Å²) in [6, 6.07) is 11.4. The maximum Gasteiger partial charge on any atom is 0.130 e. The second-order valence-electron chi connectivity index (χ2n) is 5.87. The summed E-state index contributed by atoms with van der Waals surface area (Å²) in [6.07, 6.45) is 2.77. The van der Waals surface area contributed by atoms with E-state index in [1.165, 1.54) is 11.6 Å². The van der Waals surface area contributed by atoms with Crippen molar-refractivity contribution in [1.29, 1.82) is 0 Å². The van der Waals surface area contributed by atoms with Crippen LogP contribution in [-0.4, -0.2) is 14.7 Å². The average Bonchev–Trinajstić information content (AvgIpc) is 2.36. The molecule has 0 heterocycles. The van der Waals surface area contributed by atoms with Crippen LogP contribution in [0.3, 0.4) is 0 Å². The first kappa shape index (κ1) is 15.8. The van der Waals surface area contributed by atoms with Crippen LogP contribution in [0.4, 0.5) is 0 Å². The van der Waals surface area contributed by atoms with Gasteiger partial charge in [-0.25, -0.2) is 0 Å². The molecule has 1 rings (SSSR count). The Morgan fingerprint density at radius 2 is 1.84 bits per heavy atom. The van der Waals surface area contributed by atoms with Gasteiger partial charge in [0.05, 0.1) is 6.61 Å². The van der Waals surface area contributed by atoms with Gasteiger partial charge >= 0.3 is 0 Å². The van der Waals surface area contributed by atoms with E-state index in [2.05, 4.69) is 31.8 Å². The van der Waals surface area contributed by atoms with Crippen molar-refractivity contribution in [2.75, 3.05) is 6.61 Å².